The molecule has 35 heavy (non-hydrogen) atoms. The summed E-state index contributed by atoms with van der Waals surface area (Å²) < 4.78 is 36.8. The number of nitrogens with zero attached hydrogens (tertiary/aromatic N) is 2. The van der Waals surface area contributed by atoms with Crippen LogP contribution in [-0.2, 0) is 21.4 Å². The number of hydrogen-bond donors (Lipinski definition) is 1. The van der Waals surface area contributed by atoms with Crippen LogP contribution < -0.4 is 19.2 Å². The van der Waals surface area contributed by atoms with E-state index in [0.717, 1.165) is 16.1 Å². The van der Waals surface area contributed by atoms with Crippen molar-refractivity contribution in [3.05, 3.63) is 88.9 Å². The fraction of sp³-hybridized carbons (Fsp3) is 0.200. The first-order valence-electron chi connectivity index (χ1n) is 10.7. The van der Waals surface area contributed by atoms with Gasteiger partial charge in [0.25, 0.3) is 5.91 Å². The van der Waals surface area contributed by atoms with Crippen LogP contribution in [0.3, 0.4) is 0 Å². The number of benzene rings is 3. The molecule has 184 valence electrons. The number of halogens is 1. The van der Waals surface area contributed by atoms with Gasteiger partial charge in [0.15, 0.2) is 11.5 Å². The van der Waals surface area contributed by atoms with Gasteiger partial charge in [-0.1, -0.05) is 41.9 Å². The summed E-state index contributed by atoms with van der Waals surface area (Å²) >= 11 is 6.02. The Morgan fingerprint density at radius 1 is 1.03 bits per heavy atom. The fourth-order valence-electron chi connectivity index (χ4n) is 3.12. The van der Waals surface area contributed by atoms with Crippen molar-refractivity contribution in [1.82, 2.24) is 5.43 Å². The van der Waals surface area contributed by atoms with Crippen molar-refractivity contribution < 1.29 is 22.7 Å². The Morgan fingerprint density at radius 3 is 2.49 bits per heavy atom. The van der Waals surface area contributed by atoms with Crippen LogP contribution in [0.15, 0.2) is 77.9 Å². The van der Waals surface area contributed by atoms with Crippen molar-refractivity contribution in [2.24, 2.45) is 5.10 Å². The Hall–Kier alpha value is -3.56. The molecule has 1 amide bonds. The third kappa shape index (κ3) is 8.01. The molecule has 0 atom stereocenters. The molecule has 0 heterocycles. The Bertz CT molecular complexity index is 1280. The standard InChI is InChI=1S/C25H26ClN3O5S/c1-3-33-24-15-19(12-13-23(24)34-18-20-8-7-9-21(26)14-20)16-27-28-25(30)17-29(35(2,31)32)22-10-5-4-6-11-22/h4-16H,3,17-18H2,1-2H3,(H,28,30)/b27-16-. The van der Waals surface area contributed by atoms with E-state index in [9.17, 15) is 13.2 Å². The first-order chi connectivity index (χ1) is 16.8. The number of carbonyl (C=O) groups is 1. The number of amides is 1. The third-order valence-electron chi connectivity index (χ3n) is 4.69. The van der Waals surface area contributed by atoms with E-state index in [1.54, 1.807) is 54.6 Å². The van der Waals surface area contributed by atoms with Crippen molar-refractivity contribution in [1.29, 1.82) is 0 Å². The van der Waals surface area contributed by atoms with Crippen LogP contribution in [0.1, 0.15) is 18.1 Å². The van der Waals surface area contributed by atoms with Gasteiger partial charge < -0.3 is 9.47 Å². The fourth-order valence-corrected chi connectivity index (χ4v) is 4.19. The van der Waals surface area contributed by atoms with Crippen molar-refractivity contribution in [2.75, 3.05) is 23.7 Å². The second kappa shape index (κ2) is 12.2. The van der Waals surface area contributed by atoms with E-state index in [-0.39, 0.29) is 0 Å². The highest BCUT2D eigenvalue weighted by atomic mass is 35.5. The normalized spacial score (nSPS) is 11.3. The van der Waals surface area contributed by atoms with Crippen LogP contribution in [0.5, 0.6) is 11.5 Å². The lowest BCUT2D eigenvalue weighted by molar-refractivity contribution is -0.119. The number of nitrogens with one attached hydrogen (secondary N) is 1. The van der Waals surface area contributed by atoms with E-state index in [1.807, 2.05) is 25.1 Å². The van der Waals surface area contributed by atoms with Gasteiger partial charge in [0.1, 0.15) is 13.2 Å². The summed E-state index contributed by atoms with van der Waals surface area (Å²) in [6, 6.07) is 21.0. The molecule has 0 spiro atoms. The molecule has 3 rings (SSSR count). The zero-order chi connectivity index (χ0) is 25.3. The minimum Gasteiger partial charge on any atom is -0.490 e. The summed E-state index contributed by atoms with van der Waals surface area (Å²) in [5, 5.41) is 4.58. The van der Waals surface area contributed by atoms with E-state index in [2.05, 4.69) is 10.5 Å². The first-order valence-corrected chi connectivity index (χ1v) is 13.0. The Kier molecular flexibility index (Phi) is 9.11. The monoisotopic (exact) mass is 515 g/mol. The highest BCUT2D eigenvalue weighted by Crippen LogP contribution is 2.29. The summed E-state index contributed by atoms with van der Waals surface area (Å²) in [5.74, 6) is 0.499. The van der Waals surface area contributed by atoms with Gasteiger partial charge in [0.05, 0.1) is 24.8 Å². The van der Waals surface area contributed by atoms with Crippen molar-refractivity contribution in [3.63, 3.8) is 0 Å². The molecule has 10 heteroatoms. The van der Waals surface area contributed by atoms with E-state index in [1.165, 1.54) is 6.21 Å². The number of rotatable bonds is 11. The number of hydrazone groups is 1. The van der Waals surface area contributed by atoms with Crippen molar-refractivity contribution in [3.8, 4) is 11.5 Å². The molecule has 0 unspecified atom stereocenters. The molecule has 0 saturated carbocycles. The molecule has 0 fully saturated rings. The SMILES string of the molecule is CCOc1cc(/C=N\NC(=O)CN(c2ccccc2)S(C)(=O)=O)ccc1OCc1cccc(Cl)c1. The lowest BCUT2D eigenvalue weighted by Crippen LogP contribution is -2.38. The molecule has 3 aromatic carbocycles. The number of hydrogen-bond acceptors (Lipinski definition) is 6. The molecule has 1 N–H and O–H groups in total. The van der Waals surface area contributed by atoms with E-state index >= 15 is 0 Å². The smallest absolute Gasteiger partial charge is 0.260 e. The largest absolute Gasteiger partial charge is 0.490 e. The molecule has 0 aliphatic carbocycles. The second-order valence-corrected chi connectivity index (χ2v) is 9.80. The Labute approximate surface area is 210 Å². The molecular weight excluding hydrogens is 490 g/mol. The molecule has 3 aromatic rings. The zero-order valence-electron chi connectivity index (χ0n) is 19.3. The van der Waals surface area contributed by atoms with E-state index in [0.29, 0.717) is 41.0 Å². The maximum atomic E-state index is 12.3. The molecule has 0 aliphatic heterocycles. The average molecular weight is 516 g/mol. The summed E-state index contributed by atoms with van der Waals surface area (Å²) in [4.78, 5) is 12.3. The Balaban J connectivity index is 1.64. The lowest BCUT2D eigenvalue weighted by atomic mass is 10.2. The molecule has 0 bridgehead atoms. The predicted molar refractivity (Wildman–Crippen MR) is 138 cm³/mol. The van der Waals surface area contributed by atoms with Gasteiger partial charge in [-0.05, 0) is 60.5 Å². The summed E-state index contributed by atoms with van der Waals surface area (Å²) in [5.41, 5.74) is 4.34. The van der Waals surface area contributed by atoms with Crippen LogP contribution in [0.4, 0.5) is 5.69 Å². The third-order valence-corrected chi connectivity index (χ3v) is 6.06. The van der Waals surface area contributed by atoms with Gasteiger partial charge in [-0.2, -0.15) is 5.10 Å². The van der Waals surface area contributed by atoms with Crippen molar-refractivity contribution >= 4 is 39.4 Å². The second-order valence-electron chi connectivity index (χ2n) is 7.46. The number of carbonyl (C=O) groups excluding carboxylic acids is 1. The molecule has 0 aromatic heterocycles. The maximum absolute atomic E-state index is 12.3. The molecule has 0 saturated heterocycles. The minimum absolute atomic E-state index is 0.322. The van der Waals surface area contributed by atoms with Crippen LogP contribution in [0.2, 0.25) is 5.02 Å². The number of anilines is 1. The maximum Gasteiger partial charge on any atom is 0.260 e. The highest BCUT2D eigenvalue weighted by Gasteiger charge is 2.20. The summed E-state index contributed by atoms with van der Waals surface area (Å²) in [6.45, 7) is 2.22. The van der Waals surface area contributed by atoms with Gasteiger partial charge in [-0.3, -0.25) is 9.10 Å². The predicted octanol–water partition coefficient (Wildman–Crippen LogP) is 4.23. The highest BCUT2D eigenvalue weighted by molar-refractivity contribution is 7.92. The van der Waals surface area contributed by atoms with Crippen LogP contribution in [-0.4, -0.2) is 39.9 Å². The lowest BCUT2D eigenvalue weighted by Gasteiger charge is -2.21. The molecule has 0 radical (unpaired) electrons. The van der Waals surface area contributed by atoms with Crippen LogP contribution in [0.25, 0.3) is 0 Å². The van der Waals surface area contributed by atoms with Gasteiger partial charge in [-0.25, -0.2) is 13.8 Å². The molecule has 8 nitrogen and oxygen atoms in total. The number of para-hydroxylation sites is 1. The van der Waals surface area contributed by atoms with Gasteiger partial charge in [-0.15, -0.1) is 0 Å². The summed E-state index contributed by atoms with van der Waals surface area (Å²) in [7, 11) is -3.65. The number of sulfonamides is 1. The topological polar surface area (TPSA) is 97.3 Å². The average Bonchev–Trinajstić information content (AvgIpc) is 2.82. The van der Waals surface area contributed by atoms with Crippen molar-refractivity contribution in [2.45, 2.75) is 13.5 Å². The van der Waals surface area contributed by atoms with Gasteiger partial charge in [0, 0.05) is 5.02 Å². The summed E-state index contributed by atoms with van der Waals surface area (Å²) in [6.07, 6.45) is 2.48. The molecule has 0 aliphatic rings. The van der Waals surface area contributed by atoms with E-state index in [4.69, 9.17) is 21.1 Å². The minimum atomic E-state index is -3.65. The van der Waals surface area contributed by atoms with Gasteiger partial charge in [0.2, 0.25) is 10.0 Å². The molecular formula is C25H26ClN3O5S. The van der Waals surface area contributed by atoms with E-state index < -0.39 is 22.5 Å². The zero-order valence-corrected chi connectivity index (χ0v) is 20.9. The first kappa shape index (κ1) is 26.1. The van der Waals surface area contributed by atoms with Crippen LogP contribution in [0, 0.1) is 0 Å². The quantitative estimate of drug-likeness (QED) is 0.304. The van der Waals surface area contributed by atoms with Crippen LogP contribution >= 0.6 is 11.6 Å². The number of ether oxygens (including phenoxy) is 2. The Morgan fingerprint density at radius 2 is 1.80 bits per heavy atom. The van der Waals surface area contributed by atoms with Gasteiger partial charge >= 0.3 is 0 Å².